The molecule has 1 fully saturated rings. The second-order valence-electron chi connectivity index (χ2n) is 5.90. The third-order valence-electron chi connectivity index (χ3n) is 3.99. The molecule has 1 aromatic heterocycles. The Labute approximate surface area is 158 Å². The number of halogens is 1. The Balaban J connectivity index is 1.45. The van der Waals surface area contributed by atoms with Crippen LogP contribution >= 0.6 is 27.7 Å². The summed E-state index contributed by atoms with van der Waals surface area (Å²) in [5.74, 6) is -0.201. The molecule has 25 heavy (non-hydrogen) atoms. The van der Waals surface area contributed by atoms with Crippen molar-refractivity contribution < 1.29 is 9.59 Å². The van der Waals surface area contributed by atoms with Gasteiger partial charge in [-0.2, -0.15) is 0 Å². The van der Waals surface area contributed by atoms with Crippen LogP contribution in [0.2, 0.25) is 0 Å². The maximum Gasteiger partial charge on any atom is 0.321 e. The Morgan fingerprint density at radius 1 is 1.24 bits per heavy atom. The second-order valence-corrected chi connectivity index (χ2v) is 7.78. The number of thioether (sulfide) groups is 1. The van der Waals surface area contributed by atoms with Crippen molar-refractivity contribution >= 4 is 39.6 Å². The average Bonchev–Trinajstić information content (AvgIpc) is 3.25. The fraction of sp³-hybridized carbons (Fsp3) is 0.353. The second kappa shape index (κ2) is 8.53. The fourth-order valence-electron chi connectivity index (χ4n) is 2.74. The Morgan fingerprint density at radius 2 is 1.96 bits per heavy atom. The third kappa shape index (κ3) is 5.34. The number of aromatic amines is 1. The maximum absolute atomic E-state index is 11.9. The molecule has 1 saturated carbocycles. The molecule has 1 heterocycles. The number of carbonyl (C=O) groups is 2. The number of imide groups is 1. The van der Waals surface area contributed by atoms with E-state index < -0.39 is 6.03 Å². The summed E-state index contributed by atoms with van der Waals surface area (Å²) < 4.78 is 1.01. The highest BCUT2D eigenvalue weighted by atomic mass is 79.9. The molecule has 1 aliphatic carbocycles. The number of carbonyl (C=O) groups excluding carboxylic acids is 2. The van der Waals surface area contributed by atoms with E-state index in [9.17, 15) is 9.59 Å². The molecule has 0 atom stereocenters. The maximum atomic E-state index is 11.9. The topological polar surface area (TPSA) is 86.9 Å². The summed E-state index contributed by atoms with van der Waals surface area (Å²) in [4.78, 5) is 31.1. The number of aromatic nitrogens is 2. The first-order chi connectivity index (χ1) is 12.1. The van der Waals surface area contributed by atoms with Crippen LogP contribution in [0.4, 0.5) is 4.79 Å². The number of benzene rings is 1. The number of imidazole rings is 1. The molecule has 6 nitrogen and oxygen atoms in total. The number of hydrogen-bond donors (Lipinski definition) is 3. The van der Waals surface area contributed by atoms with E-state index in [-0.39, 0.29) is 17.7 Å². The van der Waals surface area contributed by atoms with Crippen molar-refractivity contribution in [1.82, 2.24) is 20.6 Å². The van der Waals surface area contributed by atoms with Crippen molar-refractivity contribution in [3.8, 4) is 11.3 Å². The van der Waals surface area contributed by atoms with Crippen LogP contribution in [0.3, 0.4) is 0 Å². The van der Waals surface area contributed by atoms with Gasteiger partial charge in [-0.1, -0.05) is 52.7 Å². The highest BCUT2D eigenvalue weighted by Crippen LogP contribution is 2.23. The molecule has 0 aliphatic heterocycles. The molecule has 0 bridgehead atoms. The minimum atomic E-state index is -0.410. The summed E-state index contributed by atoms with van der Waals surface area (Å²) in [5, 5.41) is 5.84. The van der Waals surface area contributed by atoms with E-state index in [2.05, 4.69) is 36.5 Å². The normalized spacial score (nSPS) is 14.4. The summed E-state index contributed by atoms with van der Waals surface area (Å²) in [7, 11) is 0. The SMILES string of the molecule is O=C(CSc1ncc(-c2ccc(Br)cc2)[nH]1)NC(=O)NC1CCCC1. The molecule has 0 saturated heterocycles. The van der Waals surface area contributed by atoms with Gasteiger partial charge in [0.15, 0.2) is 5.16 Å². The molecule has 0 spiro atoms. The lowest BCUT2D eigenvalue weighted by Crippen LogP contribution is -2.44. The van der Waals surface area contributed by atoms with Gasteiger partial charge in [0.25, 0.3) is 0 Å². The van der Waals surface area contributed by atoms with Crippen LogP contribution in [-0.4, -0.2) is 33.7 Å². The molecular weight excluding hydrogens is 404 g/mol. The first-order valence-corrected chi connectivity index (χ1v) is 9.92. The number of amides is 3. The standard InChI is InChI=1S/C17H19BrN4O2S/c18-12-7-5-11(6-8-12)14-9-19-17(21-14)25-10-15(23)22-16(24)20-13-3-1-2-4-13/h5-9,13H,1-4,10H2,(H,19,21)(H2,20,22,23,24). The van der Waals surface area contributed by atoms with Crippen molar-refractivity contribution in [2.45, 2.75) is 36.9 Å². The Morgan fingerprint density at radius 3 is 2.68 bits per heavy atom. The van der Waals surface area contributed by atoms with Gasteiger partial charge in [-0.25, -0.2) is 9.78 Å². The zero-order chi connectivity index (χ0) is 17.6. The molecule has 2 aromatic rings. The van der Waals surface area contributed by atoms with Crippen LogP contribution in [0.5, 0.6) is 0 Å². The lowest BCUT2D eigenvalue weighted by atomic mass is 10.2. The zero-order valence-electron chi connectivity index (χ0n) is 13.5. The predicted molar refractivity (Wildman–Crippen MR) is 101 cm³/mol. The Kier molecular flexibility index (Phi) is 6.14. The summed E-state index contributed by atoms with van der Waals surface area (Å²) in [6.07, 6.45) is 5.97. The number of H-pyrrole nitrogens is 1. The van der Waals surface area contributed by atoms with Gasteiger partial charge in [0.1, 0.15) is 0 Å². The van der Waals surface area contributed by atoms with Crippen LogP contribution < -0.4 is 10.6 Å². The van der Waals surface area contributed by atoms with Crippen LogP contribution in [0.1, 0.15) is 25.7 Å². The summed E-state index contributed by atoms with van der Waals surface area (Å²) in [6.45, 7) is 0. The molecule has 8 heteroatoms. The zero-order valence-corrected chi connectivity index (χ0v) is 16.0. The lowest BCUT2D eigenvalue weighted by Gasteiger charge is -2.11. The van der Waals surface area contributed by atoms with Gasteiger partial charge >= 0.3 is 6.03 Å². The molecular formula is C17H19BrN4O2S. The molecule has 1 aromatic carbocycles. The smallest absolute Gasteiger partial charge is 0.321 e. The van der Waals surface area contributed by atoms with Crippen molar-refractivity contribution in [2.24, 2.45) is 0 Å². The van der Waals surface area contributed by atoms with Gasteiger partial charge in [0.2, 0.25) is 5.91 Å². The van der Waals surface area contributed by atoms with Gasteiger partial charge in [0, 0.05) is 10.5 Å². The number of rotatable bonds is 5. The van der Waals surface area contributed by atoms with Crippen LogP contribution in [0.15, 0.2) is 40.1 Å². The third-order valence-corrected chi connectivity index (χ3v) is 5.41. The molecule has 3 N–H and O–H groups in total. The van der Waals surface area contributed by atoms with E-state index in [1.54, 1.807) is 6.20 Å². The van der Waals surface area contributed by atoms with E-state index in [1.165, 1.54) is 11.8 Å². The van der Waals surface area contributed by atoms with Gasteiger partial charge < -0.3 is 10.3 Å². The summed E-state index contributed by atoms with van der Waals surface area (Å²) >= 11 is 4.67. The molecule has 1 aliphatic rings. The van der Waals surface area contributed by atoms with E-state index >= 15 is 0 Å². The minimum absolute atomic E-state index is 0.130. The van der Waals surface area contributed by atoms with Gasteiger partial charge in [0.05, 0.1) is 17.6 Å². The quantitative estimate of drug-likeness (QED) is 0.640. The van der Waals surface area contributed by atoms with Gasteiger partial charge in [-0.3, -0.25) is 10.1 Å². The number of urea groups is 1. The first kappa shape index (κ1) is 18.0. The lowest BCUT2D eigenvalue weighted by molar-refractivity contribution is -0.117. The van der Waals surface area contributed by atoms with Crippen molar-refractivity contribution in [3.63, 3.8) is 0 Å². The molecule has 3 rings (SSSR count). The van der Waals surface area contributed by atoms with E-state index in [4.69, 9.17) is 0 Å². The van der Waals surface area contributed by atoms with E-state index in [0.29, 0.717) is 5.16 Å². The highest BCUT2D eigenvalue weighted by molar-refractivity contribution is 9.10. The van der Waals surface area contributed by atoms with Crippen LogP contribution in [-0.2, 0) is 4.79 Å². The first-order valence-electron chi connectivity index (χ1n) is 8.14. The molecule has 0 radical (unpaired) electrons. The average molecular weight is 423 g/mol. The Hall–Kier alpha value is -1.80. The number of nitrogens with zero attached hydrogens (tertiary/aromatic N) is 1. The largest absolute Gasteiger partial charge is 0.335 e. The van der Waals surface area contributed by atoms with Gasteiger partial charge in [-0.05, 0) is 30.5 Å². The molecule has 132 valence electrons. The molecule has 3 amide bonds. The van der Waals surface area contributed by atoms with Crippen molar-refractivity contribution in [2.75, 3.05) is 5.75 Å². The highest BCUT2D eigenvalue weighted by Gasteiger charge is 2.18. The van der Waals surface area contributed by atoms with E-state index in [1.807, 2.05) is 24.3 Å². The van der Waals surface area contributed by atoms with E-state index in [0.717, 1.165) is 41.4 Å². The number of hydrogen-bond acceptors (Lipinski definition) is 4. The minimum Gasteiger partial charge on any atom is -0.335 e. The Bertz CT molecular complexity index is 741. The van der Waals surface area contributed by atoms with Crippen LogP contribution in [0, 0.1) is 0 Å². The number of nitrogens with one attached hydrogen (secondary N) is 3. The predicted octanol–water partition coefficient (Wildman–Crippen LogP) is 3.70. The van der Waals surface area contributed by atoms with Gasteiger partial charge in [-0.15, -0.1) is 0 Å². The summed E-state index contributed by atoms with van der Waals surface area (Å²) in [5.41, 5.74) is 1.90. The molecule has 0 unspecified atom stereocenters. The monoisotopic (exact) mass is 422 g/mol. The van der Waals surface area contributed by atoms with Crippen LogP contribution in [0.25, 0.3) is 11.3 Å². The van der Waals surface area contributed by atoms with Crippen molar-refractivity contribution in [1.29, 1.82) is 0 Å². The fourth-order valence-corrected chi connectivity index (χ4v) is 3.65. The summed E-state index contributed by atoms with van der Waals surface area (Å²) in [6, 6.07) is 7.66. The van der Waals surface area contributed by atoms with Crippen molar-refractivity contribution in [3.05, 3.63) is 34.9 Å².